The number of carboxylic acid groups (broad SMARTS) is 1. The van der Waals surface area contributed by atoms with Gasteiger partial charge in [0.15, 0.2) is 0 Å². The van der Waals surface area contributed by atoms with Gasteiger partial charge >= 0.3 is 5.97 Å². The van der Waals surface area contributed by atoms with E-state index in [1.54, 1.807) is 6.92 Å². The molecule has 0 unspecified atom stereocenters. The van der Waals surface area contributed by atoms with Crippen molar-refractivity contribution < 1.29 is 9.90 Å². The summed E-state index contributed by atoms with van der Waals surface area (Å²) in [5, 5.41) is 9.71. The zero-order chi connectivity index (χ0) is 13.1. The predicted octanol–water partition coefficient (Wildman–Crippen LogP) is 1.94. The zero-order valence-corrected chi connectivity index (χ0v) is 11.1. The van der Waals surface area contributed by atoms with E-state index in [-0.39, 0.29) is 0 Å². The Morgan fingerprint density at radius 1 is 1.22 bits per heavy atom. The highest BCUT2D eigenvalue weighted by Gasteiger charge is 2.25. The number of piperazine rings is 1. The average molecular weight is 269 g/mol. The normalized spacial score (nSPS) is 18.7. The summed E-state index contributed by atoms with van der Waals surface area (Å²) in [5.74, 6) is -0.755. The highest BCUT2D eigenvalue weighted by atomic mass is 35.5. The van der Waals surface area contributed by atoms with Crippen LogP contribution in [-0.4, -0.2) is 48.2 Å². The van der Waals surface area contributed by atoms with Crippen molar-refractivity contribution in [2.75, 3.05) is 31.1 Å². The van der Waals surface area contributed by atoms with Crippen LogP contribution in [0.4, 0.5) is 5.69 Å². The van der Waals surface area contributed by atoms with Crippen LogP contribution in [-0.2, 0) is 4.79 Å². The monoisotopic (exact) mass is 268 g/mol. The van der Waals surface area contributed by atoms with E-state index in [2.05, 4.69) is 4.90 Å². The van der Waals surface area contributed by atoms with Crippen LogP contribution in [0.25, 0.3) is 0 Å². The molecule has 0 radical (unpaired) electrons. The van der Waals surface area contributed by atoms with Gasteiger partial charge in [-0.1, -0.05) is 11.6 Å². The van der Waals surface area contributed by atoms with E-state index in [4.69, 9.17) is 16.7 Å². The first-order valence-corrected chi connectivity index (χ1v) is 6.43. The molecule has 1 atom stereocenters. The van der Waals surface area contributed by atoms with E-state index in [0.717, 1.165) is 36.9 Å². The van der Waals surface area contributed by atoms with Crippen molar-refractivity contribution in [1.29, 1.82) is 0 Å². The third-order valence-corrected chi connectivity index (χ3v) is 3.66. The lowest BCUT2D eigenvalue weighted by molar-refractivity contribution is -0.142. The number of hydrogen-bond donors (Lipinski definition) is 1. The number of aliphatic carboxylic acids is 1. The Hall–Kier alpha value is -1.26. The van der Waals surface area contributed by atoms with Crippen LogP contribution in [0.1, 0.15) is 6.92 Å². The van der Waals surface area contributed by atoms with Crippen molar-refractivity contribution >= 4 is 23.3 Å². The van der Waals surface area contributed by atoms with Crippen LogP contribution in [0.15, 0.2) is 24.3 Å². The van der Waals surface area contributed by atoms with Crippen molar-refractivity contribution in [2.24, 2.45) is 0 Å². The van der Waals surface area contributed by atoms with Gasteiger partial charge in [0, 0.05) is 36.9 Å². The first-order valence-electron chi connectivity index (χ1n) is 6.05. The van der Waals surface area contributed by atoms with Gasteiger partial charge in [0.05, 0.1) is 0 Å². The standard InChI is InChI=1S/C13H17ClN2O2/c1-10(13(17)18)15-6-8-16(9-7-15)12-4-2-11(14)3-5-12/h2-5,10H,6-9H2,1H3,(H,17,18)/t10-/m1/s1. The largest absolute Gasteiger partial charge is 0.480 e. The lowest BCUT2D eigenvalue weighted by Gasteiger charge is -2.37. The Kier molecular flexibility index (Phi) is 4.09. The molecule has 1 saturated heterocycles. The molecule has 0 aromatic heterocycles. The number of carboxylic acids is 1. The minimum absolute atomic E-state index is 0.405. The van der Waals surface area contributed by atoms with Crippen molar-refractivity contribution in [2.45, 2.75) is 13.0 Å². The Morgan fingerprint density at radius 2 is 1.78 bits per heavy atom. The first kappa shape index (κ1) is 13.2. The van der Waals surface area contributed by atoms with E-state index >= 15 is 0 Å². The number of rotatable bonds is 3. The summed E-state index contributed by atoms with van der Waals surface area (Å²) < 4.78 is 0. The number of nitrogens with zero attached hydrogens (tertiary/aromatic N) is 2. The molecule has 2 rings (SSSR count). The molecule has 1 aliphatic rings. The van der Waals surface area contributed by atoms with Gasteiger partial charge in [-0.2, -0.15) is 0 Å². The van der Waals surface area contributed by atoms with Crippen molar-refractivity contribution in [3.05, 3.63) is 29.3 Å². The van der Waals surface area contributed by atoms with Gasteiger partial charge in [0.25, 0.3) is 0 Å². The number of carbonyl (C=O) groups is 1. The summed E-state index contributed by atoms with van der Waals surface area (Å²) in [7, 11) is 0. The fourth-order valence-electron chi connectivity index (χ4n) is 2.18. The fraction of sp³-hybridized carbons (Fsp3) is 0.462. The quantitative estimate of drug-likeness (QED) is 0.910. The summed E-state index contributed by atoms with van der Waals surface area (Å²) >= 11 is 5.86. The number of anilines is 1. The Bertz CT molecular complexity index is 414. The van der Waals surface area contributed by atoms with E-state index in [9.17, 15) is 4.79 Å². The molecule has 1 N–H and O–H groups in total. The predicted molar refractivity (Wildman–Crippen MR) is 72.3 cm³/mol. The summed E-state index contributed by atoms with van der Waals surface area (Å²) in [6, 6.07) is 7.35. The topological polar surface area (TPSA) is 43.8 Å². The second-order valence-electron chi connectivity index (χ2n) is 4.51. The molecule has 4 nitrogen and oxygen atoms in total. The lowest BCUT2D eigenvalue weighted by atomic mass is 10.2. The molecule has 1 heterocycles. The Morgan fingerprint density at radius 3 is 2.28 bits per heavy atom. The molecule has 5 heteroatoms. The molecular formula is C13H17ClN2O2. The molecule has 1 fully saturated rings. The van der Waals surface area contributed by atoms with Crippen LogP contribution < -0.4 is 4.90 Å². The van der Waals surface area contributed by atoms with Gasteiger partial charge in [0.2, 0.25) is 0 Å². The van der Waals surface area contributed by atoms with Crippen LogP contribution >= 0.6 is 11.6 Å². The highest BCUT2D eigenvalue weighted by molar-refractivity contribution is 6.30. The summed E-state index contributed by atoms with van der Waals surface area (Å²) in [6.45, 7) is 4.98. The second-order valence-corrected chi connectivity index (χ2v) is 4.95. The van der Waals surface area contributed by atoms with Gasteiger partial charge in [-0.05, 0) is 31.2 Å². The Balaban J connectivity index is 1.94. The number of benzene rings is 1. The minimum atomic E-state index is -0.755. The SMILES string of the molecule is C[C@H](C(=O)O)N1CCN(c2ccc(Cl)cc2)CC1. The minimum Gasteiger partial charge on any atom is -0.480 e. The molecule has 0 aliphatic carbocycles. The summed E-state index contributed by atoms with van der Waals surface area (Å²) in [5.41, 5.74) is 1.14. The molecule has 0 amide bonds. The summed E-state index contributed by atoms with van der Waals surface area (Å²) in [6.07, 6.45) is 0. The van der Waals surface area contributed by atoms with Gasteiger partial charge in [-0.3, -0.25) is 9.69 Å². The van der Waals surface area contributed by atoms with Crippen molar-refractivity contribution in [1.82, 2.24) is 4.90 Å². The summed E-state index contributed by atoms with van der Waals surface area (Å²) in [4.78, 5) is 15.2. The van der Waals surface area contributed by atoms with Gasteiger partial charge in [0.1, 0.15) is 6.04 Å². The number of hydrogen-bond acceptors (Lipinski definition) is 3. The van der Waals surface area contributed by atoms with Gasteiger partial charge < -0.3 is 10.0 Å². The number of halogens is 1. The van der Waals surface area contributed by atoms with Crippen LogP contribution in [0.2, 0.25) is 5.02 Å². The van der Waals surface area contributed by atoms with E-state index in [0.29, 0.717) is 0 Å². The average Bonchev–Trinajstić information content (AvgIpc) is 2.39. The zero-order valence-electron chi connectivity index (χ0n) is 10.3. The van der Waals surface area contributed by atoms with E-state index in [1.807, 2.05) is 29.2 Å². The van der Waals surface area contributed by atoms with Crippen LogP contribution in [0, 0.1) is 0 Å². The maximum absolute atomic E-state index is 10.9. The molecule has 0 spiro atoms. The molecule has 1 aliphatic heterocycles. The third kappa shape index (κ3) is 2.94. The molecule has 0 saturated carbocycles. The molecule has 1 aromatic rings. The molecule has 18 heavy (non-hydrogen) atoms. The maximum atomic E-state index is 10.9. The van der Waals surface area contributed by atoms with Crippen LogP contribution in [0.5, 0.6) is 0 Å². The van der Waals surface area contributed by atoms with Crippen LogP contribution in [0.3, 0.4) is 0 Å². The Labute approximate surface area is 112 Å². The third-order valence-electron chi connectivity index (χ3n) is 3.41. The molecule has 98 valence electrons. The molecular weight excluding hydrogens is 252 g/mol. The maximum Gasteiger partial charge on any atom is 0.320 e. The van der Waals surface area contributed by atoms with E-state index < -0.39 is 12.0 Å². The van der Waals surface area contributed by atoms with E-state index in [1.165, 1.54) is 0 Å². The first-order chi connectivity index (χ1) is 8.58. The smallest absolute Gasteiger partial charge is 0.320 e. The van der Waals surface area contributed by atoms with Gasteiger partial charge in [-0.25, -0.2) is 0 Å². The lowest BCUT2D eigenvalue weighted by Crippen LogP contribution is -2.51. The second kappa shape index (κ2) is 5.59. The molecule has 0 bridgehead atoms. The van der Waals surface area contributed by atoms with Crippen molar-refractivity contribution in [3.63, 3.8) is 0 Å². The van der Waals surface area contributed by atoms with Gasteiger partial charge in [-0.15, -0.1) is 0 Å². The van der Waals surface area contributed by atoms with Crippen molar-refractivity contribution in [3.8, 4) is 0 Å². The fourth-order valence-corrected chi connectivity index (χ4v) is 2.30. The highest BCUT2D eigenvalue weighted by Crippen LogP contribution is 2.19. The molecule has 1 aromatic carbocycles.